The Bertz CT molecular complexity index is 689. The summed E-state index contributed by atoms with van der Waals surface area (Å²) in [6.07, 6.45) is 8.82. The Hall–Kier alpha value is -1.11. The van der Waals surface area contributed by atoms with E-state index in [1.165, 1.54) is 12.8 Å². The van der Waals surface area contributed by atoms with Crippen molar-refractivity contribution in [1.29, 1.82) is 0 Å². The van der Waals surface area contributed by atoms with E-state index < -0.39 is 0 Å². The van der Waals surface area contributed by atoms with Gasteiger partial charge in [-0.1, -0.05) is 11.6 Å². The smallest absolute Gasteiger partial charge is 0.227 e. The van der Waals surface area contributed by atoms with Crippen LogP contribution in [0.3, 0.4) is 0 Å². The predicted octanol–water partition coefficient (Wildman–Crippen LogP) is 3.14. The van der Waals surface area contributed by atoms with Crippen LogP contribution in [0.2, 0.25) is 5.02 Å². The Labute approximate surface area is 166 Å². The first-order valence-electron chi connectivity index (χ1n) is 10.4. The van der Waals surface area contributed by atoms with Gasteiger partial charge in [-0.3, -0.25) is 0 Å². The lowest BCUT2D eigenvalue weighted by Gasteiger charge is -2.33. The summed E-state index contributed by atoms with van der Waals surface area (Å²) in [4.78, 5) is 14.2. The topological polar surface area (TPSA) is 50.7 Å². The van der Waals surface area contributed by atoms with Crippen molar-refractivity contribution >= 4 is 23.4 Å². The molecule has 4 aliphatic heterocycles. The maximum atomic E-state index is 6.53. The summed E-state index contributed by atoms with van der Waals surface area (Å²) in [6.45, 7) is 7.68. The molecule has 0 unspecified atom stereocenters. The molecule has 1 aromatic rings. The second-order valence-electron chi connectivity index (χ2n) is 8.91. The van der Waals surface area contributed by atoms with E-state index in [1.807, 2.05) is 0 Å². The summed E-state index contributed by atoms with van der Waals surface area (Å²) in [6, 6.07) is 0. The van der Waals surface area contributed by atoms with Crippen LogP contribution in [0, 0.1) is 10.8 Å². The molecule has 2 spiro atoms. The van der Waals surface area contributed by atoms with E-state index >= 15 is 0 Å². The SMILES string of the molecule is Clc1cnc(N2CCC3(CCOCC3)C2)nc1N1CCC2(CCOCC2)C1. The molecule has 4 aliphatic rings. The average molecular weight is 393 g/mol. The molecule has 0 amide bonds. The highest BCUT2D eigenvalue weighted by Crippen LogP contribution is 2.44. The van der Waals surface area contributed by atoms with E-state index in [1.54, 1.807) is 6.20 Å². The fourth-order valence-electron chi connectivity index (χ4n) is 5.37. The minimum absolute atomic E-state index is 0.381. The van der Waals surface area contributed by atoms with Crippen LogP contribution in [0.4, 0.5) is 11.8 Å². The Kier molecular flexibility index (Phi) is 4.69. The van der Waals surface area contributed by atoms with E-state index in [2.05, 4.69) is 14.8 Å². The molecular weight excluding hydrogens is 364 g/mol. The van der Waals surface area contributed by atoms with Crippen LogP contribution in [-0.2, 0) is 9.47 Å². The van der Waals surface area contributed by atoms with Gasteiger partial charge in [0.25, 0.3) is 0 Å². The molecule has 5 heterocycles. The lowest BCUT2D eigenvalue weighted by atomic mass is 9.80. The van der Waals surface area contributed by atoms with Crippen molar-refractivity contribution in [1.82, 2.24) is 9.97 Å². The Morgan fingerprint density at radius 1 is 0.815 bits per heavy atom. The zero-order valence-corrected chi connectivity index (χ0v) is 16.7. The van der Waals surface area contributed by atoms with Crippen LogP contribution in [0.25, 0.3) is 0 Å². The highest BCUT2D eigenvalue weighted by Gasteiger charge is 2.42. The largest absolute Gasteiger partial charge is 0.381 e. The van der Waals surface area contributed by atoms with E-state index in [0.717, 1.165) is 90.1 Å². The summed E-state index contributed by atoms with van der Waals surface area (Å²) >= 11 is 6.53. The molecule has 6 nitrogen and oxygen atoms in total. The van der Waals surface area contributed by atoms with Crippen molar-refractivity contribution < 1.29 is 9.47 Å². The highest BCUT2D eigenvalue weighted by molar-refractivity contribution is 6.32. The lowest BCUT2D eigenvalue weighted by Crippen LogP contribution is -2.34. The monoisotopic (exact) mass is 392 g/mol. The Morgan fingerprint density at radius 2 is 1.37 bits per heavy atom. The standard InChI is InChI=1S/C20H29ClN4O2/c21-16-13-22-18(25-8-2-20(15-25)5-11-27-12-6-20)23-17(16)24-7-1-19(14-24)3-9-26-10-4-19/h13H,1-12,14-15H2. The minimum Gasteiger partial charge on any atom is -0.381 e. The number of aromatic nitrogens is 2. The first-order chi connectivity index (χ1) is 13.2. The van der Waals surface area contributed by atoms with Gasteiger partial charge in [0.15, 0.2) is 5.82 Å². The van der Waals surface area contributed by atoms with Crippen molar-refractivity contribution in [2.24, 2.45) is 10.8 Å². The Balaban J connectivity index is 1.33. The molecule has 0 radical (unpaired) electrons. The van der Waals surface area contributed by atoms with Gasteiger partial charge in [-0.15, -0.1) is 0 Å². The van der Waals surface area contributed by atoms with Crippen LogP contribution < -0.4 is 9.80 Å². The minimum atomic E-state index is 0.381. The molecule has 1 aromatic heterocycles. The first kappa shape index (κ1) is 18.0. The normalized spacial score (nSPS) is 27.0. The number of rotatable bonds is 2. The summed E-state index contributed by atoms with van der Waals surface area (Å²) in [5.74, 6) is 1.75. The zero-order valence-electron chi connectivity index (χ0n) is 16.0. The molecule has 4 fully saturated rings. The van der Waals surface area contributed by atoms with E-state index in [-0.39, 0.29) is 0 Å². The van der Waals surface area contributed by atoms with Gasteiger partial charge in [-0.25, -0.2) is 4.98 Å². The molecule has 0 N–H and O–H groups in total. The van der Waals surface area contributed by atoms with E-state index in [9.17, 15) is 0 Å². The van der Waals surface area contributed by atoms with Crippen molar-refractivity contribution in [3.8, 4) is 0 Å². The number of anilines is 2. The summed E-state index contributed by atoms with van der Waals surface area (Å²) in [5, 5.41) is 0.669. The van der Waals surface area contributed by atoms with E-state index in [4.69, 9.17) is 26.1 Å². The molecule has 0 aromatic carbocycles. The Morgan fingerprint density at radius 3 is 2.00 bits per heavy atom. The maximum Gasteiger partial charge on any atom is 0.227 e. The van der Waals surface area contributed by atoms with Crippen LogP contribution in [0.5, 0.6) is 0 Å². The molecule has 0 aliphatic carbocycles. The summed E-state index contributed by atoms with van der Waals surface area (Å²) < 4.78 is 11.1. The van der Waals surface area contributed by atoms with Gasteiger partial charge in [0, 0.05) is 52.6 Å². The second-order valence-corrected chi connectivity index (χ2v) is 9.32. The van der Waals surface area contributed by atoms with Gasteiger partial charge in [0.1, 0.15) is 5.02 Å². The molecule has 148 valence electrons. The van der Waals surface area contributed by atoms with Gasteiger partial charge in [-0.2, -0.15) is 4.98 Å². The molecule has 0 saturated carbocycles. The summed E-state index contributed by atoms with van der Waals surface area (Å²) in [5.41, 5.74) is 0.772. The fraction of sp³-hybridized carbons (Fsp3) is 0.800. The number of halogens is 1. The van der Waals surface area contributed by atoms with E-state index in [0.29, 0.717) is 15.9 Å². The third kappa shape index (κ3) is 3.40. The van der Waals surface area contributed by atoms with Crippen molar-refractivity contribution in [2.75, 3.05) is 62.4 Å². The number of ether oxygens (including phenoxy) is 2. The molecule has 0 bridgehead atoms. The van der Waals surface area contributed by atoms with Gasteiger partial charge < -0.3 is 19.3 Å². The quantitative estimate of drug-likeness (QED) is 0.770. The van der Waals surface area contributed by atoms with Crippen LogP contribution in [0.15, 0.2) is 6.20 Å². The lowest BCUT2D eigenvalue weighted by molar-refractivity contribution is 0.0253. The molecular formula is C20H29ClN4O2. The van der Waals surface area contributed by atoms with Gasteiger partial charge >= 0.3 is 0 Å². The molecule has 4 saturated heterocycles. The van der Waals surface area contributed by atoms with Crippen molar-refractivity contribution in [3.63, 3.8) is 0 Å². The number of hydrogen-bond acceptors (Lipinski definition) is 6. The molecule has 7 heteroatoms. The van der Waals surface area contributed by atoms with Crippen LogP contribution in [-0.4, -0.2) is 62.6 Å². The molecule has 5 rings (SSSR count). The van der Waals surface area contributed by atoms with Crippen LogP contribution >= 0.6 is 11.6 Å². The first-order valence-corrected chi connectivity index (χ1v) is 10.7. The average Bonchev–Trinajstić information content (AvgIpc) is 3.29. The van der Waals surface area contributed by atoms with Gasteiger partial charge in [-0.05, 0) is 49.4 Å². The predicted molar refractivity (Wildman–Crippen MR) is 106 cm³/mol. The van der Waals surface area contributed by atoms with Crippen molar-refractivity contribution in [3.05, 3.63) is 11.2 Å². The van der Waals surface area contributed by atoms with Gasteiger partial charge in [0.05, 0.1) is 6.20 Å². The van der Waals surface area contributed by atoms with Crippen LogP contribution in [0.1, 0.15) is 38.5 Å². The summed E-state index contributed by atoms with van der Waals surface area (Å²) in [7, 11) is 0. The molecule has 0 atom stereocenters. The maximum absolute atomic E-state index is 6.53. The second kappa shape index (κ2) is 7.05. The van der Waals surface area contributed by atoms with Crippen molar-refractivity contribution in [2.45, 2.75) is 38.5 Å². The zero-order chi connectivity index (χ0) is 18.3. The fourth-order valence-corrected chi connectivity index (χ4v) is 5.58. The molecule has 27 heavy (non-hydrogen) atoms. The highest BCUT2D eigenvalue weighted by atomic mass is 35.5. The van der Waals surface area contributed by atoms with Gasteiger partial charge in [0.2, 0.25) is 5.95 Å². The number of hydrogen-bond donors (Lipinski definition) is 0. The third-order valence-corrected chi connectivity index (χ3v) is 7.55. The number of nitrogens with zero attached hydrogens (tertiary/aromatic N) is 4. The third-order valence-electron chi connectivity index (χ3n) is 7.28.